The Hall–Kier alpha value is -1.62. The van der Waals surface area contributed by atoms with Crippen LogP contribution in [0.4, 0.5) is 11.8 Å². The number of nitrogens with zero attached hydrogens (tertiary/aromatic N) is 3. The molecule has 0 spiro atoms. The molecular weight excluding hydrogens is 376 g/mol. The van der Waals surface area contributed by atoms with Gasteiger partial charge in [-0.15, -0.1) is 0 Å². The quantitative estimate of drug-likeness (QED) is 0.751. The number of hydrogen-bond acceptors (Lipinski definition) is 4. The number of halogens is 1. The van der Waals surface area contributed by atoms with E-state index >= 15 is 0 Å². The minimum atomic E-state index is 0.369. The summed E-state index contributed by atoms with van der Waals surface area (Å²) in [5.41, 5.74) is 3.91. The van der Waals surface area contributed by atoms with E-state index in [1.807, 2.05) is 0 Å². The van der Waals surface area contributed by atoms with Crippen molar-refractivity contribution in [2.45, 2.75) is 59.0 Å². The van der Waals surface area contributed by atoms with Crippen LogP contribution in [0.25, 0.3) is 0 Å². The van der Waals surface area contributed by atoms with Gasteiger partial charge in [-0.1, -0.05) is 42.8 Å². The van der Waals surface area contributed by atoms with Crippen molar-refractivity contribution in [3.63, 3.8) is 0 Å². The molecule has 0 saturated carbocycles. The Morgan fingerprint density at radius 1 is 1.16 bits per heavy atom. The fourth-order valence-corrected chi connectivity index (χ4v) is 3.43. The zero-order chi connectivity index (χ0) is 18.0. The SMILES string of the molecule is CC[C@@H](C)Nc1nc(C(C)C)cc(N2CCc3ccc(Br)cc3C2)n1. The van der Waals surface area contributed by atoms with E-state index in [2.05, 4.69) is 78.1 Å². The van der Waals surface area contributed by atoms with E-state index in [1.165, 1.54) is 11.1 Å². The molecule has 25 heavy (non-hydrogen) atoms. The van der Waals surface area contributed by atoms with Crippen molar-refractivity contribution in [1.82, 2.24) is 9.97 Å². The predicted molar refractivity (Wildman–Crippen MR) is 108 cm³/mol. The minimum Gasteiger partial charge on any atom is -0.352 e. The zero-order valence-corrected chi connectivity index (χ0v) is 17.1. The first-order valence-electron chi connectivity index (χ1n) is 9.14. The molecule has 0 fully saturated rings. The van der Waals surface area contributed by atoms with E-state index in [9.17, 15) is 0 Å². The van der Waals surface area contributed by atoms with Crippen LogP contribution in [0, 0.1) is 0 Å². The van der Waals surface area contributed by atoms with Crippen molar-refractivity contribution < 1.29 is 0 Å². The van der Waals surface area contributed by atoms with Gasteiger partial charge < -0.3 is 10.2 Å². The summed E-state index contributed by atoms with van der Waals surface area (Å²) < 4.78 is 1.14. The molecule has 1 aromatic heterocycles. The molecule has 2 aromatic rings. The molecule has 3 rings (SSSR count). The highest BCUT2D eigenvalue weighted by Gasteiger charge is 2.20. The molecule has 1 aromatic carbocycles. The molecule has 2 heterocycles. The highest BCUT2D eigenvalue weighted by Crippen LogP contribution is 2.28. The summed E-state index contributed by atoms with van der Waals surface area (Å²) >= 11 is 3.59. The van der Waals surface area contributed by atoms with Crippen molar-refractivity contribution in [1.29, 1.82) is 0 Å². The van der Waals surface area contributed by atoms with Crippen LogP contribution in [-0.2, 0) is 13.0 Å². The molecule has 1 aliphatic rings. The predicted octanol–water partition coefficient (Wildman–Crippen LogP) is 5.14. The molecule has 1 aliphatic heterocycles. The van der Waals surface area contributed by atoms with Gasteiger partial charge in [0.05, 0.1) is 5.69 Å². The molecule has 0 aliphatic carbocycles. The third-order valence-electron chi connectivity index (χ3n) is 4.82. The Morgan fingerprint density at radius 3 is 2.68 bits per heavy atom. The fraction of sp³-hybridized carbons (Fsp3) is 0.500. The largest absolute Gasteiger partial charge is 0.352 e. The molecule has 0 bridgehead atoms. The summed E-state index contributed by atoms with van der Waals surface area (Å²) in [6.07, 6.45) is 2.10. The van der Waals surface area contributed by atoms with Gasteiger partial charge in [0, 0.05) is 29.7 Å². The lowest BCUT2D eigenvalue weighted by Crippen LogP contribution is -2.31. The monoisotopic (exact) mass is 402 g/mol. The second-order valence-electron chi connectivity index (χ2n) is 7.17. The number of benzene rings is 1. The van der Waals surface area contributed by atoms with Gasteiger partial charge in [-0.2, -0.15) is 4.98 Å². The standard InChI is InChI=1S/C20H27BrN4/c1-5-14(4)22-20-23-18(13(2)3)11-19(24-20)25-9-8-15-6-7-17(21)10-16(15)12-25/h6-7,10-11,13-14H,5,8-9,12H2,1-4H3,(H,22,23,24)/t14-/m1/s1. The fourth-order valence-electron chi connectivity index (χ4n) is 3.02. The first kappa shape index (κ1) is 18.2. The highest BCUT2D eigenvalue weighted by molar-refractivity contribution is 9.10. The summed E-state index contributed by atoms with van der Waals surface area (Å²) in [7, 11) is 0. The molecule has 1 N–H and O–H groups in total. The third-order valence-corrected chi connectivity index (χ3v) is 5.31. The Bertz CT molecular complexity index is 744. The van der Waals surface area contributed by atoms with Crippen LogP contribution in [-0.4, -0.2) is 22.6 Å². The Morgan fingerprint density at radius 2 is 1.96 bits per heavy atom. The van der Waals surface area contributed by atoms with Crippen LogP contribution < -0.4 is 10.2 Å². The first-order chi connectivity index (χ1) is 12.0. The van der Waals surface area contributed by atoms with Crippen molar-refractivity contribution in [2.24, 2.45) is 0 Å². The molecule has 5 heteroatoms. The third kappa shape index (κ3) is 4.32. The average molecular weight is 403 g/mol. The second kappa shape index (κ2) is 7.73. The zero-order valence-electron chi connectivity index (χ0n) is 15.5. The van der Waals surface area contributed by atoms with Gasteiger partial charge in [-0.25, -0.2) is 4.98 Å². The number of anilines is 2. The molecule has 0 amide bonds. The maximum Gasteiger partial charge on any atom is 0.225 e. The van der Waals surface area contributed by atoms with Crippen molar-refractivity contribution in [2.75, 3.05) is 16.8 Å². The molecule has 1 atom stereocenters. The van der Waals surface area contributed by atoms with Crippen molar-refractivity contribution in [3.8, 4) is 0 Å². The van der Waals surface area contributed by atoms with E-state index in [0.717, 1.165) is 47.9 Å². The lowest BCUT2D eigenvalue weighted by atomic mass is 10.00. The lowest BCUT2D eigenvalue weighted by molar-refractivity contribution is 0.706. The Kier molecular flexibility index (Phi) is 5.62. The van der Waals surface area contributed by atoms with Crippen LogP contribution in [0.3, 0.4) is 0 Å². The van der Waals surface area contributed by atoms with Gasteiger partial charge in [0.25, 0.3) is 0 Å². The van der Waals surface area contributed by atoms with E-state index in [4.69, 9.17) is 9.97 Å². The van der Waals surface area contributed by atoms with Crippen molar-refractivity contribution in [3.05, 3.63) is 45.6 Å². The number of rotatable bonds is 5. The number of fused-ring (bicyclic) bond motifs is 1. The minimum absolute atomic E-state index is 0.369. The Balaban J connectivity index is 1.90. The van der Waals surface area contributed by atoms with Gasteiger partial charge >= 0.3 is 0 Å². The van der Waals surface area contributed by atoms with Gasteiger partial charge in [-0.3, -0.25) is 0 Å². The Labute approximate surface area is 159 Å². The normalized spacial score (nSPS) is 15.2. The van der Waals surface area contributed by atoms with E-state index < -0.39 is 0 Å². The van der Waals surface area contributed by atoms with Crippen LogP contribution in [0.5, 0.6) is 0 Å². The molecule has 0 radical (unpaired) electrons. The molecule has 0 unspecified atom stereocenters. The summed E-state index contributed by atoms with van der Waals surface area (Å²) in [6, 6.07) is 9.10. The highest BCUT2D eigenvalue weighted by atomic mass is 79.9. The molecular formula is C20H27BrN4. The van der Waals surface area contributed by atoms with E-state index in [-0.39, 0.29) is 0 Å². The first-order valence-corrected chi connectivity index (χ1v) is 9.93. The van der Waals surface area contributed by atoms with Gasteiger partial charge in [0.2, 0.25) is 5.95 Å². The molecule has 0 saturated heterocycles. The summed E-state index contributed by atoms with van der Waals surface area (Å²) in [6.45, 7) is 10.6. The average Bonchev–Trinajstić information content (AvgIpc) is 2.60. The van der Waals surface area contributed by atoms with Gasteiger partial charge in [0.15, 0.2) is 0 Å². The van der Waals surface area contributed by atoms with Gasteiger partial charge in [0.1, 0.15) is 5.82 Å². The van der Waals surface area contributed by atoms with Crippen LogP contribution in [0.2, 0.25) is 0 Å². The number of nitrogens with one attached hydrogen (secondary N) is 1. The number of aromatic nitrogens is 2. The number of hydrogen-bond donors (Lipinski definition) is 1. The van der Waals surface area contributed by atoms with Crippen molar-refractivity contribution >= 4 is 27.7 Å². The van der Waals surface area contributed by atoms with Crippen LogP contribution in [0.15, 0.2) is 28.7 Å². The molecule has 134 valence electrons. The van der Waals surface area contributed by atoms with E-state index in [0.29, 0.717) is 12.0 Å². The topological polar surface area (TPSA) is 41.1 Å². The maximum atomic E-state index is 4.81. The maximum absolute atomic E-state index is 4.81. The lowest BCUT2D eigenvalue weighted by Gasteiger charge is -2.30. The smallest absolute Gasteiger partial charge is 0.225 e. The second-order valence-corrected chi connectivity index (χ2v) is 8.08. The summed E-state index contributed by atoms with van der Waals surface area (Å²) in [4.78, 5) is 11.9. The van der Waals surface area contributed by atoms with Gasteiger partial charge in [-0.05, 0) is 48.9 Å². The molecule has 4 nitrogen and oxygen atoms in total. The summed E-state index contributed by atoms with van der Waals surface area (Å²) in [5, 5.41) is 3.44. The summed E-state index contributed by atoms with van der Waals surface area (Å²) in [5.74, 6) is 2.15. The van der Waals surface area contributed by atoms with Crippen LogP contribution in [0.1, 0.15) is 56.9 Å². The van der Waals surface area contributed by atoms with E-state index in [1.54, 1.807) is 0 Å². The van der Waals surface area contributed by atoms with Crippen LogP contribution >= 0.6 is 15.9 Å².